The molecule has 0 atom stereocenters. The van der Waals surface area contributed by atoms with Crippen molar-refractivity contribution in [2.24, 2.45) is 0 Å². The summed E-state index contributed by atoms with van der Waals surface area (Å²) in [4.78, 5) is 25.0. The predicted octanol–water partition coefficient (Wildman–Crippen LogP) is 3.67. The first-order valence-electron chi connectivity index (χ1n) is 10.6. The van der Waals surface area contributed by atoms with E-state index in [2.05, 4.69) is 66.1 Å². The van der Waals surface area contributed by atoms with Crippen LogP contribution in [0.15, 0.2) is 39.7 Å². The number of nitrogens with one attached hydrogen (secondary N) is 2. The lowest BCUT2D eigenvalue weighted by Crippen LogP contribution is -2.46. The number of aromatic nitrogens is 2. The molecule has 1 aromatic carbocycles. The molecule has 5 rings (SSSR count). The summed E-state index contributed by atoms with van der Waals surface area (Å²) in [6.45, 7) is 7.91. The summed E-state index contributed by atoms with van der Waals surface area (Å²) >= 11 is 3.45. The SMILES string of the molecule is Cc1cc(CN2CCN(c3ccc(Br)cn3)CC2)cc2[nH]c(=O)c3c(c12)NCCC3. The van der Waals surface area contributed by atoms with Gasteiger partial charge in [0.2, 0.25) is 0 Å². The molecule has 0 bridgehead atoms. The number of fused-ring (bicyclic) bond motifs is 3. The number of benzene rings is 1. The van der Waals surface area contributed by atoms with E-state index in [1.165, 1.54) is 16.5 Å². The summed E-state index contributed by atoms with van der Waals surface area (Å²) in [6.07, 6.45) is 3.72. The zero-order chi connectivity index (χ0) is 20.7. The van der Waals surface area contributed by atoms with Crippen LogP contribution in [0.3, 0.4) is 0 Å². The fraction of sp³-hybridized carbons (Fsp3) is 0.391. The summed E-state index contributed by atoms with van der Waals surface area (Å²) in [5.41, 5.74) is 5.42. The molecule has 0 aliphatic carbocycles. The fourth-order valence-electron chi connectivity index (χ4n) is 4.71. The molecule has 7 heteroatoms. The van der Waals surface area contributed by atoms with Crippen molar-refractivity contribution < 1.29 is 0 Å². The quantitative estimate of drug-likeness (QED) is 0.614. The van der Waals surface area contributed by atoms with Crippen molar-refractivity contribution in [3.63, 3.8) is 0 Å². The minimum atomic E-state index is 0.0527. The Morgan fingerprint density at radius 1 is 1.17 bits per heavy atom. The van der Waals surface area contributed by atoms with Gasteiger partial charge in [-0.3, -0.25) is 9.69 Å². The molecule has 2 aliphatic rings. The number of aromatic amines is 1. The molecule has 4 heterocycles. The Kier molecular flexibility index (Phi) is 5.25. The largest absolute Gasteiger partial charge is 0.384 e. The van der Waals surface area contributed by atoms with Gasteiger partial charge < -0.3 is 15.2 Å². The first-order valence-corrected chi connectivity index (χ1v) is 11.4. The molecule has 2 aromatic heterocycles. The molecule has 0 radical (unpaired) electrons. The molecular formula is C23H26BrN5O. The van der Waals surface area contributed by atoms with Gasteiger partial charge >= 0.3 is 0 Å². The Morgan fingerprint density at radius 2 is 2.00 bits per heavy atom. The normalized spacial score (nSPS) is 17.1. The molecule has 0 spiro atoms. The maximum atomic E-state index is 12.6. The number of pyridine rings is 2. The predicted molar refractivity (Wildman–Crippen MR) is 126 cm³/mol. The highest BCUT2D eigenvalue weighted by atomic mass is 79.9. The number of anilines is 2. The zero-order valence-electron chi connectivity index (χ0n) is 17.2. The van der Waals surface area contributed by atoms with Crippen molar-refractivity contribution in [2.45, 2.75) is 26.3 Å². The Bertz CT molecular complexity index is 1130. The van der Waals surface area contributed by atoms with Crippen LogP contribution in [0, 0.1) is 6.92 Å². The van der Waals surface area contributed by atoms with Crippen molar-refractivity contribution in [3.8, 4) is 0 Å². The second-order valence-corrected chi connectivity index (χ2v) is 9.19. The van der Waals surface area contributed by atoms with Crippen LogP contribution in [-0.4, -0.2) is 47.6 Å². The van der Waals surface area contributed by atoms with Gasteiger partial charge in [0.15, 0.2) is 0 Å². The first kappa shape index (κ1) is 19.6. The van der Waals surface area contributed by atoms with Gasteiger partial charge in [-0.15, -0.1) is 0 Å². The van der Waals surface area contributed by atoms with E-state index in [0.29, 0.717) is 0 Å². The van der Waals surface area contributed by atoms with Crippen molar-refractivity contribution in [1.82, 2.24) is 14.9 Å². The molecule has 30 heavy (non-hydrogen) atoms. The number of halogens is 1. The number of piperazine rings is 1. The van der Waals surface area contributed by atoms with Crippen molar-refractivity contribution in [2.75, 3.05) is 42.9 Å². The van der Waals surface area contributed by atoms with Crippen LogP contribution >= 0.6 is 15.9 Å². The van der Waals surface area contributed by atoms with Crippen LogP contribution in [0.25, 0.3) is 10.9 Å². The Balaban J connectivity index is 1.34. The molecule has 1 saturated heterocycles. The topological polar surface area (TPSA) is 64.3 Å². The first-order chi connectivity index (χ1) is 14.6. The third kappa shape index (κ3) is 3.72. The molecule has 156 valence electrons. The van der Waals surface area contributed by atoms with E-state index in [1.807, 2.05) is 12.3 Å². The van der Waals surface area contributed by atoms with Gasteiger partial charge in [0.1, 0.15) is 5.82 Å². The highest BCUT2D eigenvalue weighted by Crippen LogP contribution is 2.31. The highest BCUT2D eigenvalue weighted by Gasteiger charge is 2.20. The zero-order valence-corrected chi connectivity index (χ0v) is 18.8. The molecule has 0 amide bonds. The van der Waals surface area contributed by atoms with Gasteiger partial charge in [-0.25, -0.2) is 4.98 Å². The lowest BCUT2D eigenvalue weighted by Gasteiger charge is -2.35. The minimum Gasteiger partial charge on any atom is -0.384 e. The second kappa shape index (κ2) is 8.04. The van der Waals surface area contributed by atoms with Crippen LogP contribution in [-0.2, 0) is 13.0 Å². The fourth-order valence-corrected chi connectivity index (χ4v) is 4.94. The molecule has 6 nitrogen and oxygen atoms in total. The van der Waals surface area contributed by atoms with Crippen LogP contribution in [0.2, 0.25) is 0 Å². The van der Waals surface area contributed by atoms with Gasteiger partial charge in [0, 0.05) is 60.9 Å². The smallest absolute Gasteiger partial charge is 0.253 e. The van der Waals surface area contributed by atoms with Gasteiger partial charge in [-0.05, 0) is 65.0 Å². The maximum absolute atomic E-state index is 12.6. The molecule has 2 aliphatic heterocycles. The van der Waals surface area contributed by atoms with Crippen LogP contribution in [0.5, 0.6) is 0 Å². The van der Waals surface area contributed by atoms with E-state index in [0.717, 1.165) is 79.2 Å². The summed E-state index contributed by atoms with van der Waals surface area (Å²) in [7, 11) is 0. The van der Waals surface area contributed by atoms with Gasteiger partial charge in [0.05, 0.1) is 11.2 Å². The molecule has 3 aromatic rings. The Morgan fingerprint density at radius 3 is 2.77 bits per heavy atom. The van der Waals surface area contributed by atoms with Crippen LogP contribution in [0.1, 0.15) is 23.1 Å². The molecule has 2 N–H and O–H groups in total. The lowest BCUT2D eigenvalue weighted by atomic mass is 9.97. The van der Waals surface area contributed by atoms with Crippen molar-refractivity contribution in [1.29, 1.82) is 0 Å². The van der Waals surface area contributed by atoms with E-state index < -0.39 is 0 Å². The van der Waals surface area contributed by atoms with E-state index in [4.69, 9.17) is 0 Å². The molecule has 1 fully saturated rings. The monoisotopic (exact) mass is 467 g/mol. The van der Waals surface area contributed by atoms with Crippen molar-refractivity contribution in [3.05, 3.63) is 62.0 Å². The number of rotatable bonds is 3. The summed E-state index contributed by atoms with van der Waals surface area (Å²) < 4.78 is 1.01. The molecule has 0 unspecified atom stereocenters. The standard InChI is InChI=1S/C23H26BrN5O/c1-15-11-16(12-19-21(15)22-18(23(30)27-19)3-2-6-25-22)14-28-7-9-29(10-8-28)20-5-4-17(24)13-26-20/h4-5,11-13,25H,2-3,6-10,14H2,1H3,(H,27,30). The highest BCUT2D eigenvalue weighted by molar-refractivity contribution is 9.10. The maximum Gasteiger partial charge on any atom is 0.253 e. The van der Waals surface area contributed by atoms with Crippen LogP contribution < -0.4 is 15.8 Å². The van der Waals surface area contributed by atoms with E-state index in [-0.39, 0.29) is 5.56 Å². The van der Waals surface area contributed by atoms with Gasteiger partial charge in [0.25, 0.3) is 5.56 Å². The van der Waals surface area contributed by atoms with Gasteiger partial charge in [-0.2, -0.15) is 0 Å². The van der Waals surface area contributed by atoms with Crippen LogP contribution in [0.4, 0.5) is 11.5 Å². The Hall–Kier alpha value is -2.38. The number of nitrogens with zero attached hydrogens (tertiary/aromatic N) is 3. The van der Waals surface area contributed by atoms with E-state index >= 15 is 0 Å². The van der Waals surface area contributed by atoms with Crippen molar-refractivity contribution >= 4 is 38.3 Å². The molecule has 0 saturated carbocycles. The summed E-state index contributed by atoms with van der Waals surface area (Å²) in [5, 5.41) is 4.63. The third-order valence-corrected chi connectivity index (χ3v) is 6.66. The number of H-pyrrole nitrogens is 1. The average molecular weight is 468 g/mol. The number of aryl methyl sites for hydroxylation is 1. The second-order valence-electron chi connectivity index (χ2n) is 8.27. The third-order valence-electron chi connectivity index (χ3n) is 6.19. The average Bonchev–Trinajstić information content (AvgIpc) is 2.75. The molecular weight excluding hydrogens is 442 g/mol. The van der Waals surface area contributed by atoms with E-state index in [9.17, 15) is 4.79 Å². The van der Waals surface area contributed by atoms with E-state index in [1.54, 1.807) is 0 Å². The summed E-state index contributed by atoms with van der Waals surface area (Å²) in [6, 6.07) is 8.54. The number of hydrogen-bond acceptors (Lipinski definition) is 5. The minimum absolute atomic E-state index is 0.0527. The lowest BCUT2D eigenvalue weighted by molar-refractivity contribution is 0.249. The number of hydrogen-bond donors (Lipinski definition) is 2. The van der Waals surface area contributed by atoms with Gasteiger partial charge in [-0.1, -0.05) is 6.07 Å². The summed E-state index contributed by atoms with van der Waals surface area (Å²) in [5.74, 6) is 1.04. The Labute approximate surface area is 184 Å².